The number of allylic oxidation sites excluding steroid dienone is 8. The molecule has 1 aromatic heterocycles. The number of para-hydroxylation sites is 2. The SMILES string of the molecule is C=C1/C=C\C=C/CN/C=C/C=C(c2ccc(-n3c4ccccc4c4ccccc43)cc2)\C=C/c2ccccc21. The van der Waals surface area contributed by atoms with Crippen LogP contribution in [-0.2, 0) is 0 Å². The van der Waals surface area contributed by atoms with E-state index in [1.54, 1.807) is 0 Å². The summed E-state index contributed by atoms with van der Waals surface area (Å²) in [6.07, 6.45) is 18.8. The number of nitrogens with one attached hydrogen (secondary N) is 1. The fourth-order valence-corrected chi connectivity index (χ4v) is 5.13. The molecular weight excluding hydrogens is 472 g/mol. The Morgan fingerprint density at radius 2 is 1.33 bits per heavy atom. The third-order valence-corrected chi connectivity index (χ3v) is 7.06. The average molecular weight is 503 g/mol. The monoisotopic (exact) mass is 502 g/mol. The van der Waals surface area contributed by atoms with E-state index in [1.165, 1.54) is 21.8 Å². The van der Waals surface area contributed by atoms with Crippen molar-refractivity contribution >= 4 is 39.0 Å². The minimum absolute atomic E-state index is 0.760. The molecule has 0 radical (unpaired) electrons. The Morgan fingerprint density at radius 1 is 0.641 bits per heavy atom. The van der Waals surface area contributed by atoms with Gasteiger partial charge in [-0.15, -0.1) is 0 Å². The van der Waals surface area contributed by atoms with E-state index < -0.39 is 0 Å². The Morgan fingerprint density at radius 3 is 2.10 bits per heavy atom. The van der Waals surface area contributed by atoms with E-state index >= 15 is 0 Å². The van der Waals surface area contributed by atoms with Gasteiger partial charge >= 0.3 is 0 Å². The van der Waals surface area contributed by atoms with E-state index in [0.29, 0.717) is 0 Å². The first-order valence-electron chi connectivity index (χ1n) is 13.3. The van der Waals surface area contributed by atoms with Gasteiger partial charge in [-0.2, -0.15) is 0 Å². The van der Waals surface area contributed by atoms with Crippen LogP contribution in [0.1, 0.15) is 16.7 Å². The number of rotatable bonds is 2. The molecule has 0 aliphatic carbocycles. The molecule has 0 saturated heterocycles. The lowest BCUT2D eigenvalue weighted by Gasteiger charge is -2.10. The number of hydrogen-bond donors (Lipinski definition) is 1. The highest BCUT2D eigenvalue weighted by atomic mass is 15.0. The van der Waals surface area contributed by atoms with Crippen molar-refractivity contribution in [2.45, 2.75) is 0 Å². The fourth-order valence-electron chi connectivity index (χ4n) is 5.13. The molecule has 6 rings (SSSR count). The first-order valence-corrected chi connectivity index (χ1v) is 13.3. The van der Waals surface area contributed by atoms with Crippen molar-refractivity contribution < 1.29 is 0 Å². The number of fused-ring (bicyclic) bond motifs is 4. The third-order valence-electron chi connectivity index (χ3n) is 7.06. The first-order chi connectivity index (χ1) is 19.3. The molecule has 188 valence electrons. The fraction of sp³-hybridized carbons (Fsp3) is 0.0270. The smallest absolute Gasteiger partial charge is 0.0541 e. The quantitative estimate of drug-likeness (QED) is 0.255. The molecule has 0 bridgehead atoms. The Kier molecular flexibility index (Phi) is 6.92. The Hall–Kier alpha value is -5.08. The molecule has 1 aliphatic rings. The van der Waals surface area contributed by atoms with Crippen molar-refractivity contribution in [3.63, 3.8) is 0 Å². The maximum absolute atomic E-state index is 4.30. The second-order valence-electron chi connectivity index (χ2n) is 9.54. The van der Waals surface area contributed by atoms with E-state index in [4.69, 9.17) is 0 Å². The van der Waals surface area contributed by atoms with Crippen LogP contribution in [0, 0.1) is 0 Å². The molecule has 5 aromatic rings. The van der Waals surface area contributed by atoms with Crippen LogP contribution in [0.4, 0.5) is 0 Å². The highest BCUT2D eigenvalue weighted by molar-refractivity contribution is 6.09. The summed E-state index contributed by atoms with van der Waals surface area (Å²) in [7, 11) is 0. The maximum atomic E-state index is 4.30. The summed E-state index contributed by atoms with van der Waals surface area (Å²) < 4.78 is 2.35. The third kappa shape index (κ3) is 5.05. The van der Waals surface area contributed by atoms with Crippen molar-refractivity contribution in [1.29, 1.82) is 0 Å². The lowest BCUT2D eigenvalue weighted by Crippen LogP contribution is -2.02. The number of nitrogens with zero attached hydrogens (tertiary/aromatic N) is 1. The number of aromatic nitrogens is 1. The second kappa shape index (κ2) is 11.1. The molecule has 4 aromatic carbocycles. The van der Waals surface area contributed by atoms with Crippen molar-refractivity contribution in [2.24, 2.45) is 0 Å². The van der Waals surface area contributed by atoms with Gasteiger partial charge in [0, 0.05) is 23.0 Å². The molecule has 1 aliphatic heterocycles. The Labute approximate surface area is 229 Å². The van der Waals surface area contributed by atoms with Crippen LogP contribution in [0.5, 0.6) is 0 Å². The number of benzene rings is 4. The lowest BCUT2D eigenvalue weighted by atomic mass is 9.98. The van der Waals surface area contributed by atoms with Crippen LogP contribution in [0.25, 0.3) is 44.7 Å². The molecule has 2 nitrogen and oxygen atoms in total. The molecular formula is C37H30N2. The van der Waals surface area contributed by atoms with Crippen LogP contribution in [0.2, 0.25) is 0 Å². The molecule has 0 saturated carbocycles. The van der Waals surface area contributed by atoms with E-state index in [2.05, 4.69) is 150 Å². The van der Waals surface area contributed by atoms with Crippen LogP contribution in [0.15, 0.2) is 152 Å². The van der Waals surface area contributed by atoms with Crippen LogP contribution in [0.3, 0.4) is 0 Å². The minimum atomic E-state index is 0.760. The van der Waals surface area contributed by atoms with Gasteiger partial charge in [-0.1, -0.05) is 122 Å². The van der Waals surface area contributed by atoms with Crippen LogP contribution in [-0.4, -0.2) is 11.1 Å². The van der Waals surface area contributed by atoms with Gasteiger partial charge in [0.2, 0.25) is 0 Å². The molecule has 0 spiro atoms. The van der Waals surface area contributed by atoms with E-state index in [1.807, 2.05) is 18.4 Å². The predicted octanol–water partition coefficient (Wildman–Crippen LogP) is 9.12. The van der Waals surface area contributed by atoms with E-state index in [0.717, 1.165) is 40.1 Å². The second-order valence-corrected chi connectivity index (χ2v) is 9.54. The van der Waals surface area contributed by atoms with Gasteiger partial charge in [-0.25, -0.2) is 0 Å². The summed E-state index contributed by atoms with van der Waals surface area (Å²) >= 11 is 0. The summed E-state index contributed by atoms with van der Waals surface area (Å²) in [5.74, 6) is 0. The molecule has 2 heteroatoms. The molecule has 39 heavy (non-hydrogen) atoms. The molecule has 2 heterocycles. The Balaban J connectivity index is 1.41. The van der Waals surface area contributed by atoms with Crippen LogP contribution < -0.4 is 5.32 Å². The maximum Gasteiger partial charge on any atom is 0.0541 e. The van der Waals surface area contributed by atoms with Gasteiger partial charge in [0.05, 0.1) is 11.0 Å². The first kappa shape index (κ1) is 24.3. The summed E-state index contributed by atoms with van der Waals surface area (Å²) in [6.45, 7) is 5.06. The van der Waals surface area contributed by atoms with Gasteiger partial charge in [-0.05, 0) is 64.4 Å². The summed E-state index contributed by atoms with van der Waals surface area (Å²) in [5, 5.41) is 5.86. The average Bonchev–Trinajstić information content (AvgIpc) is 3.32. The summed E-state index contributed by atoms with van der Waals surface area (Å²) in [6, 6.07) is 34.5. The highest BCUT2D eigenvalue weighted by Gasteiger charge is 2.11. The van der Waals surface area contributed by atoms with Crippen LogP contribution >= 0.6 is 0 Å². The van der Waals surface area contributed by atoms with Crippen molar-refractivity contribution in [3.8, 4) is 5.69 Å². The van der Waals surface area contributed by atoms with Gasteiger partial charge < -0.3 is 9.88 Å². The highest BCUT2D eigenvalue weighted by Crippen LogP contribution is 2.32. The van der Waals surface area contributed by atoms with Crippen molar-refractivity contribution in [3.05, 3.63) is 169 Å². The normalized spacial score (nSPS) is 18.7. The predicted molar refractivity (Wildman–Crippen MR) is 169 cm³/mol. The Bertz CT molecular complexity index is 1750. The molecule has 1 N–H and O–H groups in total. The van der Waals surface area contributed by atoms with Gasteiger partial charge in [0.25, 0.3) is 0 Å². The zero-order chi connectivity index (χ0) is 26.4. The molecule has 0 atom stereocenters. The largest absolute Gasteiger partial charge is 0.387 e. The topological polar surface area (TPSA) is 17.0 Å². The zero-order valence-corrected chi connectivity index (χ0v) is 21.8. The summed E-state index contributed by atoms with van der Waals surface area (Å²) in [5.41, 5.74) is 9.12. The minimum Gasteiger partial charge on any atom is -0.387 e. The van der Waals surface area contributed by atoms with Gasteiger partial charge in [0.15, 0.2) is 0 Å². The standard InChI is InChI=1S/C37H30N2/c1-28-12-3-2-10-26-38-27-11-14-29(20-21-31-13-4-5-15-33(28)31)30-22-24-32(25-23-30)39-36-18-8-6-16-34(36)35-17-7-9-19-37(35)39/h2-25,27,38H,1,26H2/b10-2-,12-3-,21-20-,27-11+,29-14+. The molecule has 0 fully saturated rings. The number of hydrogen-bond acceptors (Lipinski definition) is 1. The zero-order valence-electron chi connectivity index (χ0n) is 21.8. The van der Waals surface area contributed by atoms with E-state index in [9.17, 15) is 0 Å². The molecule has 0 amide bonds. The van der Waals surface area contributed by atoms with Gasteiger partial charge in [0.1, 0.15) is 0 Å². The molecule has 0 unspecified atom stereocenters. The summed E-state index contributed by atoms with van der Waals surface area (Å²) in [4.78, 5) is 0. The van der Waals surface area contributed by atoms with Gasteiger partial charge in [-0.3, -0.25) is 0 Å². The van der Waals surface area contributed by atoms with Crippen molar-refractivity contribution in [2.75, 3.05) is 6.54 Å². The van der Waals surface area contributed by atoms with E-state index in [-0.39, 0.29) is 0 Å². The van der Waals surface area contributed by atoms with Crippen molar-refractivity contribution in [1.82, 2.24) is 9.88 Å². The lowest BCUT2D eigenvalue weighted by molar-refractivity contribution is 0.986.